The van der Waals surface area contributed by atoms with E-state index in [2.05, 4.69) is 63.0 Å². The quantitative estimate of drug-likeness (QED) is 0.0820. The van der Waals surface area contributed by atoms with Gasteiger partial charge in [-0.1, -0.05) is 62.0 Å². The Kier molecular flexibility index (Phi) is 18.9. The van der Waals surface area contributed by atoms with Gasteiger partial charge in [0.1, 0.15) is 13.2 Å². The number of thioether (sulfide) groups is 1. The summed E-state index contributed by atoms with van der Waals surface area (Å²) in [6.07, 6.45) is 4.53. The topological polar surface area (TPSA) is 168 Å². The molecule has 3 aromatic rings. The van der Waals surface area contributed by atoms with E-state index in [4.69, 9.17) is 23.2 Å². The zero-order valence-corrected chi connectivity index (χ0v) is 35.5. The van der Waals surface area contributed by atoms with Crippen molar-refractivity contribution in [1.29, 1.82) is 0 Å². The van der Waals surface area contributed by atoms with E-state index in [9.17, 15) is 31.0 Å². The minimum atomic E-state index is -4.09. The summed E-state index contributed by atoms with van der Waals surface area (Å²) in [5.74, 6) is -0.364. The Morgan fingerprint density at radius 1 is 0.944 bits per heavy atom. The number of carbonyl (C=O) groups is 2. The van der Waals surface area contributed by atoms with Crippen LogP contribution < -0.4 is 15.5 Å². The average molecular weight is 881 g/mol. The molecule has 0 spiro atoms. The van der Waals surface area contributed by atoms with E-state index in [0.717, 1.165) is 44.3 Å². The first-order chi connectivity index (χ1) is 25.5. The molecule has 1 aliphatic heterocycles. The SMILES string of the molecule is C=CS(=O)OCC(=O)NCCNC(=O)COS(=O)C=C.CC(C)CCc1c(C=C2Sc3ccc(Cl)cc3N2CCC(C)S(=O)(=O)O)sc2ccc(Cl)cc12. The van der Waals surface area contributed by atoms with Crippen molar-refractivity contribution in [3.8, 4) is 0 Å². The van der Waals surface area contributed by atoms with Crippen LogP contribution in [0, 0.1) is 5.92 Å². The lowest BCUT2D eigenvalue weighted by atomic mass is 10.00. The predicted octanol–water partition coefficient (Wildman–Crippen LogP) is 7.24. The molecule has 0 aliphatic carbocycles. The second kappa shape index (κ2) is 22.2. The highest BCUT2D eigenvalue weighted by Crippen LogP contribution is 2.49. The van der Waals surface area contributed by atoms with Crippen LogP contribution in [0.5, 0.6) is 0 Å². The Balaban J connectivity index is 0.000000337. The molecule has 0 fully saturated rings. The van der Waals surface area contributed by atoms with Crippen LogP contribution in [0.4, 0.5) is 5.69 Å². The number of benzene rings is 2. The van der Waals surface area contributed by atoms with E-state index in [1.807, 2.05) is 30.3 Å². The third-order valence-corrected chi connectivity index (χ3v) is 12.9. The van der Waals surface area contributed by atoms with Gasteiger partial charge in [-0.25, -0.2) is 8.42 Å². The highest BCUT2D eigenvalue weighted by molar-refractivity contribution is 8.04. The fraction of sp³-hybridized carbons (Fsp3) is 0.371. The molecule has 1 aliphatic rings. The number of carbonyl (C=O) groups excluding carboxylic acids is 2. The third kappa shape index (κ3) is 14.8. The summed E-state index contributed by atoms with van der Waals surface area (Å²) in [4.78, 5) is 26.7. The molecular weight excluding hydrogens is 838 g/mol. The molecule has 3 N–H and O–H groups in total. The van der Waals surface area contributed by atoms with Crippen LogP contribution in [0.25, 0.3) is 16.2 Å². The lowest BCUT2D eigenvalue weighted by Crippen LogP contribution is -2.37. The van der Waals surface area contributed by atoms with Crippen molar-refractivity contribution in [3.63, 3.8) is 0 Å². The lowest BCUT2D eigenvalue weighted by Gasteiger charge is -2.22. The summed E-state index contributed by atoms with van der Waals surface area (Å²) >= 11 is 12.6. The molecule has 0 bridgehead atoms. The highest BCUT2D eigenvalue weighted by Gasteiger charge is 2.28. The molecule has 2 amide bonds. The number of nitrogens with one attached hydrogen (secondary N) is 2. The predicted molar refractivity (Wildman–Crippen MR) is 223 cm³/mol. The summed E-state index contributed by atoms with van der Waals surface area (Å²) in [5.41, 5.74) is 2.25. The van der Waals surface area contributed by atoms with Crippen LogP contribution in [0.3, 0.4) is 0 Å². The summed E-state index contributed by atoms with van der Waals surface area (Å²) < 4.78 is 64.6. The third-order valence-electron chi connectivity index (χ3n) is 7.62. The van der Waals surface area contributed by atoms with Crippen molar-refractivity contribution >= 4 is 112 Å². The summed E-state index contributed by atoms with van der Waals surface area (Å²) in [5, 5.41) is 9.69. The second-order valence-corrected chi connectivity index (χ2v) is 19.1. The molecule has 1 aromatic heterocycles. The largest absolute Gasteiger partial charge is 0.352 e. The van der Waals surface area contributed by atoms with E-state index in [0.29, 0.717) is 23.9 Å². The van der Waals surface area contributed by atoms with Crippen molar-refractivity contribution in [1.82, 2.24) is 10.6 Å². The molecule has 2 heterocycles. The molecule has 4 rings (SSSR count). The Hall–Kier alpha value is -2.58. The number of fused-ring (bicyclic) bond motifs is 2. The Labute approximate surface area is 339 Å². The van der Waals surface area contributed by atoms with Crippen molar-refractivity contribution in [2.75, 3.05) is 37.7 Å². The van der Waals surface area contributed by atoms with E-state index >= 15 is 0 Å². The highest BCUT2D eigenvalue weighted by atomic mass is 35.5. The van der Waals surface area contributed by atoms with Crippen molar-refractivity contribution in [2.45, 2.75) is 50.2 Å². The number of hydrogen-bond acceptors (Lipinski definition) is 11. The number of nitrogens with zero attached hydrogens (tertiary/aromatic N) is 1. The molecule has 296 valence electrons. The Bertz CT molecular complexity index is 1970. The van der Waals surface area contributed by atoms with Crippen molar-refractivity contribution in [3.05, 3.63) is 85.9 Å². The average Bonchev–Trinajstić information content (AvgIpc) is 3.64. The molecule has 3 unspecified atom stereocenters. The van der Waals surface area contributed by atoms with Crippen LogP contribution in [0.15, 0.2) is 70.3 Å². The van der Waals surface area contributed by atoms with Gasteiger partial charge in [-0.3, -0.25) is 22.5 Å². The van der Waals surface area contributed by atoms with E-state index < -0.39 is 49.3 Å². The van der Waals surface area contributed by atoms with Gasteiger partial charge < -0.3 is 15.5 Å². The van der Waals surface area contributed by atoms with Gasteiger partial charge in [0.2, 0.25) is 11.8 Å². The molecule has 12 nitrogen and oxygen atoms in total. The number of amides is 2. The summed E-state index contributed by atoms with van der Waals surface area (Å²) in [6.45, 7) is 12.5. The van der Waals surface area contributed by atoms with Gasteiger partial charge in [-0.2, -0.15) is 8.42 Å². The van der Waals surface area contributed by atoms with Crippen LogP contribution in [-0.2, 0) is 56.7 Å². The number of thiophene rings is 1. The van der Waals surface area contributed by atoms with E-state index in [-0.39, 0.29) is 26.3 Å². The van der Waals surface area contributed by atoms with E-state index in [1.54, 1.807) is 23.1 Å². The molecule has 0 radical (unpaired) electrons. The maximum Gasteiger partial charge on any atom is 0.267 e. The van der Waals surface area contributed by atoms with Crippen molar-refractivity contribution in [2.24, 2.45) is 5.92 Å². The molecule has 3 atom stereocenters. The zero-order chi connectivity index (χ0) is 40.0. The monoisotopic (exact) mass is 879 g/mol. The maximum atomic E-state index is 11.6. The van der Waals surface area contributed by atoms with Gasteiger partial charge in [-0.15, -0.1) is 11.3 Å². The minimum Gasteiger partial charge on any atom is -0.352 e. The van der Waals surface area contributed by atoms with Gasteiger partial charge in [0.15, 0.2) is 22.2 Å². The zero-order valence-electron chi connectivity index (χ0n) is 29.9. The number of aryl methyl sites for hydroxylation is 1. The first kappa shape index (κ1) is 45.8. The molecule has 54 heavy (non-hydrogen) atoms. The molecule has 0 saturated heterocycles. The number of halogens is 2. The Morgan fingerprint density at radius 2 is 1.52 bits per heavy atom. The molecule has 0 saturated carbocycles. The molecular formula is C35H43Cl2N3O9S5. The Morgan fingerprint density at radius 3 is 2.07 bits per heavy atom. The van der Waals surface area contributed by atoms with Gasteiger partial charge >= 0.3 is 0 Å². The van der Waals surface area contributed by atoms with Crippen molar-refractivity contribution < 1.29 is 39.3 Å². The second-order valence-electron chi connectivity index (χ2n) is 12.1. The number of anilines is 1. The van der Waals surface area contributed by atoms with Crippen LogP contribution >= 0.6 is 46.3 Å². The lowest BCUT2D eigenvalue weighted by molar-refractivity contribution is -0.124. The first-order valence-electron chi connectivity index (χ1n) is 16.5. The smallest absolute Gasteiger partial charge is 0.267 e. The standard InChI is InChI=1S/C25H27Cl2NO3S3.C10H16N2O6S2/c1-15(2)4-7-19-20-12-17(26)5-8-22(20)32-24(19)14-25-28(11-10-16(3)34(29,30)31)21-13-18(27)6-9-23(21)33-25;1-3-19(15)17-7-9(13)11-5-6-12-10(14)8-18-20(16)4-2/h5-6,8-9,12-16H,4,7,10-11H2,1-3H3,(H,29,30,31);3-4H,1-2,5-8H2,(H,11,13)(H,12,14). The van der Waals surface area contributed by atoms with E-state index in [1.165, 1.54) is 27.5 Å². The first-order valence-corrected chi connectivity index (χ1v) is 22.7. The van der Waals surface area contributed by atoms with Crippen LogP contribution in [0.2, 0.25) is 10.0 Å². The normalized spacial score (nSPS) is 14.9. The summed E-state index contributed by atoms with van der Waals surface area (Å²) in [6, 6.07) is 11.8. The number of hydrogen-bond donors (Lipinski definition) is 3. The minimum absolute atomic E-state index is 0.166. The van der Waals surface area contributed by atoms with Gasteiger partial charge in [0, 0.05) is 55.0 Å². The fourth-order valence-corrected chi connectivity index (χ4v) is 8.49. The number of rotatable bonds is 19. The summed E-state index contributed by atoms with van der Waals surface area (Å²) in [7, 11) is -4.09. The van der Waals surface area contributed by atoms with Gasteiger partial charge in [0.25, 0.3) is 10.1 Å². The van der Waals surface area contributed by atoms with Crippen LogP contribution in [0.1, 0.15) is 44.1 Å². The van der Waals surface area contributed by atoms with Gasteiger partial charge in [0.05, 0.1) is 16.0 Å². The fourth-order valence-electron chi connectivity index (χ4n) is 4.76. The molecule has 2 aromatic carbocycles. The molecule has 19 heteroatoms. The maximum absolute atomic E-state index is 11.6. The van der Waals surface area contributed by atoms with Crippen LogP contribution in [-0.4, -0.2) is 71.3 Å². The van der Waals surface area contributed by atoms with Gasteiger partial charge in [-0.05, 0) is 85.5 Å².